The van der Waals surface area contributed by atoms with Crippen LogP contribution in [0.1, 0.15) is 23.9 Å². The molecule has 92 valence electrons. The zero-order chi connectivity index (χ0) is 12.8. The van der Waals surface area contributed by atoms with Gasteiger partial charge in [-0.3, -0.25) is 0 Å². The number of aryl methyl sites for hydroxylation is 3. The molecule has 0 aliphatic heterocycles. The molecule has 0 amide bonds. The van der Waals surface area contributed by atoms with E-state index in [1.54, 1.807) is 19.9 Å². The first-order chi connectivity index (χ1) is 7.84. The maximum atomic E-state index is 12.8. The molecule has 1 aromatic heterocycles. The molecule has 1 aromatic carbocycles. The number of alkyl halides is 3. The molecule has 0 fully saturated rings. The standard InChI is InChI=1S/C12H13F3N2/c1-4-17-9-6-7(2)5-8(3)10(9)16-11(17)12(13,14)15/h5-6H,4H2,1-3H3. The van der Waals surface area contributed by atoms with E-state index in [-0.39, 0.29) is 6.54 Å². The third kappa shape index (κ3) is 1.90. The van der Waals surface area contributed by atoms with Gasteiger partial charge in [0.25, 0.3) is 0 Å². The summed E-state index contributed by atoms with van der Waals surface area (Å²) in [7, 11) is 0. The summed E-state index contributed by atoms with van der Waals surface area (Å²) in [6.45, 7) is 5.59. The van der Waals surface area contributed by atoms with Crippen molar-refractivity contribution in [1.82, 2.24) is 9.55 Å². The lowest BCUT2D eigenvalue weighted by Gasteiger charge is -2.08. The van der Waals surface area contributed by atoms with E-state index in [0.29, 0.717) is 11.0 Å². The Balaban J connectivity index is 2.85. The molecule has 2 aromatic rings. The number of hydrogen-bond acceptors (Lipinski definition) is 1. The highest BCUT2D eigenvalue weighted by molar-refractivity contribution is 5.80. The topological polar surface area (TPSA) is 17.8 Å². The zero-order valence-corrected chi connectivity index (χ0v) is 9.89. The first-order valence-corrected chi connectivity index (χ1v) is 5.39. The number of hydrogen-bond donors (Lipinski definition) is 0. The van der Waals surface area contributed by atoms with Crippen molar-refractivity contribution in [2.75, 3.05) is 0 Å². The third-order valence-electron chi connectivity index (χ3n) is 2.76. The van der Waals surface area contributed by atoms with E-state index >= 15 is 0 Å². The molecule has 0 unspecified atom stereocenters. The summed E-state index contributed by atoms with van der Waals surface area (Å²) in [5.74, 6) is -0.816. The van der Waals surface area contributed by atoms with Crippen LogP contribution in [0.5, 0.6) is 0 Å². The molecule has 0 aliphatic carbocycles. The monoisotopic (exact) mass is 242 g/mol. The number of benzene rings is 1. The molecule has 2 rings (SSSR count). The molecule has 0 radical (unpaired) electrons. The molecular formula is C12H13F3N2. The summed E-state index contributed by atoms with van der Waals surface area (Å²) in [5, 5.41) is 0. The maximum Gasteiger partial charge on any atom is 0.449 e. The van der Waals surface area contributed by atoms with Crippen molar-refractivity contribution in [3.05, 3.63) is 29.1 Å². The SMILES string of the molecule is CCn1c(C(F)(F)F)nc2c(C)cc(C)cc21. The van der Waals surface area contributed by atoms with Crippen LogP contribution < -0.4 is 0 Å². The predicted molar refractivity (Wildman–Crippen MR) is 59.9 cm³/mol. The van der Waals surface area contributed by atoms with E-state index in [0.717, 1.165) is 11.1 Å². The minimum atomic E-state index is -4.41. The van der Waals surface area contributed by atoms with Gasteiger partial charge in [-0.05, 0) is 38.0 Å². The fraction of sp³-hybridized carbons (Fsp3) is 0.417. The first kappa shape index (κ1) is 12.0. The van der Waals surface area contributed by atoms with Crippen LogP contribution in [0, 0.1) is 13.8 Å². The van der Waals surface area contributed by atoms with E-state index in [1.807, 2.05) is 13.0 Å². The lowest BCUT2D eigenvalue weighted by molar-refractivity contribution is -0.146. The van der Waals surface area contributed by atoms with Gasteiger partial charge < -0.3 is 4.57 Å². The molecule has 0 aliphatic rings. The summed E-state index contributed by atoms with van der Waals surface area (Å²) in [6.07, 6.45) is -4.41. The average molecular weight is 242 g/mol. The molecule has 0 bridgehead atoms. The normalized spacial score (nSPS) is 12.4. The highest BCUT2D eigenvalue weighted by Gasteiger charge is 2.37. The van der Waals surface area contributed by atoms with Crippen molar-refractivity contribution in [3.8, 4) is 0 Å². The van der Waals surface area contributed by atoms with Crippen molar-refractivity contribution in [1.29, 1.82) is 0 Å². The van der Waals surface area contributed by atoms with Gasteiger partial charge in [0, 0.05) is 6.54 Å². The van der Waals surface area contributed by atoms with Crippen LogP contribution in [-0.2, 0) is 12.7 Å². The largest absolute Gasteiger partial charge is 0.449 e. The fourth-order valence-electron chi connectivity index (χ4n) is 2.11. The van der Waals surface area contributed by atoms with E-state index in [9.17, 15) is 13.2 Å². The Labute approximate surface area is 97.1 Å². The molecule has 17 heavy (non-hydrogen) atoms. The second-order valence-electron chi connectivity index (χ2n) is 4.13. The van der Waals surface area contributed by atoms with Crippen LogP contribution >= 0.6 is 0 Å². The van der Waals surface area contributed by atoms with Gasteiger partial charge in [-0.2, -0.15) is 13.2 Å². The minimum absolute atomic E-state index is 0.258. The first-order valence-electron chi connectivity index (χ1n) is 5.39. The number of imidazole rings is 1. The minimum Gasteiger partial charge on any atom is -0.321 e. The molecular weight excluding hydrogens is 229 g/mol. The highest BCUT2D eigenvalue weighted by atomic mass is 19.4. The van der Waals surface area contributed by atoms with Gasteiger partial charge in [0.15, 0.2) is 0 Å². The van der Waals surface area contributed by atoms with Gasteiger partial charge in [0.1, 0.15) is 0 Å². The third-order valence-corrected chi connectivity index (χ3v) is 2.76. The summed E-state index contributed by atoms with van der Waals surface area (Å²) < 4.78 is 39.7. The quantitative estimate of drug-likeness (QED) is 0.745. The average Bonchev–Trinajstić information content (AvgIpc) is 2.55. The van der Waals surface area contributed by atoms with E-state index in [2.05, 4.69) is 4.98 Å². The summed E-state index contributed by atoms with van der Waals surface area (Å²) in [4.78, 5) is 3.73. The van der Waals surface area contributed by atoms with E-state index in [1.165, 1.54) is 4.57 Å². The molecule has 0 saturated carbocycles. The fourth-order valence-corrected chi connectivity index (χ4v) is 2.11. The van der Waals surface area contributed by atoms with Crippen molar-refractivity contribution in [3.63, 3.8) is 0 Å². The van der Waals surface area contributed by atoms with Crippen LogP contribution in [0.25, 0.3) is 11.0 Å². The molecule has 2 nitrogen and oxygen atoms in total. The van der Waals surface area contributed by atoms with Gasteiger partial charge in [-0.1, -0.05) is 6.07 Å². The predicted octanol–water partition coefficient (Wildman–Crippen LogP) is 3.69. The maximum absolute atomic E-state index is 12.8. The zero-order valence-electron chi connectivity index (χ0n) is 9.89. The summed E-state index contributed by atoms with van der Waals surface area (Å²) in [5.41, 5.74) is 2.71. The lowest BCUT2D eigenvalue weighted by Crippen LogP contribution is -2.14. The van der Waals surface area contributed by atoms with Gasteiger partial charge >= 0.3 is 6.18 Å². The van der Waals surface area contributed by atoms with Crippen molar-refractivity contribution in [2.45, 2.75) is 33.5 Å². The van der Waals surface area contributed by atoms with Crippen LogP contribution in [0.3, 0.4) is 0 Å². The molecule has 0 spiro atoms. The van der Waals surface area contributed by atoms with Crippen molar-refractivity contribution < 1.29 is 13.2 Å². The van der Waals surface area contributed by atoms with Gasteiger partial charge in [-0.25, -0.2) is 4.98 Å². The number of rotatable bonds is 1. The van der Waals surface area contributed by atoms with Gasteiger partial charge in [-0.15, -0.1) is 0 Å². The van der Waals surface area contributed by atoms with Gasteiger partial charge in [0.2, 0.25) is 5.82 Å². The van der Waals surface area contributed by atoms with Crippen LogP contribution in [0.2, 0.25) is 0 Å². The Kier molecular flexibility index (Phi) is 2.64. The van der Waals surface area contributed by atoms with Crippen molar-refractivity contribution in [2.24, 2.45) is 0 Å². The Morgan fingerprint density at radius 1 is 1.24 bits per heavy atom. The number of nitrogens with zero attached hydrogens (tertiary/aromatic N) is 2. The molecule has 0 atom stereocenters. The van der Waals surface area contributed by atoms with E-state index < -0.39 is 12.0 Å². The van der Waals surface area contributed by atoms with E-state index in [4.69, 9.17) is 0 Å². The van der Waals surface area contributed by atoms with Crippen LogP contribution in [0.4, 0.5) is 13.2 Å². The Bertz CT molecular complexity index is 567. The van der Waals surface area contributed by atoms with Crippen molar-refractivity contribution >= 4 is 11.0 Å². The number of fused-ring (bicyclic) bond motifs is 1. The number of halogens is 3. The molecule has 0 N–H and O–H groups in total. The lowest BCUT2D eigenvalue weighted by atomic mass is 10.1. The molecule has 1 heterocycles. The highest BCUT2D eigenvalue weighted by Crippen LogP contribution is 2.32. The summed E-state index contributed by atoms with van der Waals surface area (Å²) >= 11 is 0. The van der Waals surface area contributed by atoms with Gasteiger partial charge in [0.05, 0.1) is 11.0 Å². The molecule has 0 saturated heterocycles. The Morgan fingerprint density at radius 3 is 2.41 bits per heavy atom. The smallest absolute Gasteiger partial charge is 0.321 e. The number of aromatic nitrogens is 2. The second-order valence-corrected chi connectivity index (χ2v) is 4.13. The molecule has 5 heteroatoms. The second kappa shape index (κ2) is 3.75. The summed E-state index contributed by atoms with van der Waals surface area (Å²) in [6, 6.07) is 3.59. The van der Waals surface area contributed by atoms with Crippen LogP contribution in [-0.4, -0.2) is 9.55 Å². The Hall–Kier alpha value is -1.52. The van der Waals surface area contributed by atoms with Crippen LogP contribution in [0.15, 0.2) is 12.1 Å². The Morgan fingerprint density at radius 2 is 1.88 bits per heavy atom.